The molecule has 96 valence electrons. The maximum atomic E-state index is 10.6. The van der Waals surface area contributed by atoms with Crippen LogP contribution in [-0.2, 0) is 16.0 Å². The van der Waals surface area contributed by atoms with Gasteiger partial charge in [0.15, 0.2) is 5.16 Å². The average molecular weight is 258 g/mol. The predicted octanol–water partition coefficient (Wildman–Crippen LogP) is 1.83. The number of aromatic nitrogens is 2. The van der Waals surface area contributed by atoms with Crippen molar-refractivity contribution >= 4 is 17.7 Å². The van der Waals surface area contributed by atoms with Gasteiger partial charge in [0.2, 0.25) is 0 Å². The standard InChI is InChI=1S/C11H18N2O3S/c1-4-9-5-12-11(17-7-10(14)15)13(9)8(2)6-16-3/h5,8H,4,6-7H2,1-3H3,(H,14,15). The second-order valence-electron chi connectivity index (χ2n) is 3.74. The lowest BCUT2D eigenvalue weighted by molar-refractivity contribution is -0.133. The van der Waals surface area contributed by atoms with Gasteiger partial charge in [0.1, 0.15) is 0 Å². The summed E-state index contributed by atoms with van der Waals surface area (Å²) in [4.78, 5) is 14.8. The largest absolute Gasteiger partial charge is 0.481 e. The molecule has 0 spiro atoms. The van der Waals surface area contributed by atoms with Gasteiger partial charge in [0.25, 0.3) is 0 Å². The van der Waals surface area contributed by atoms with E-state index in [-0.39, 0.29) is 11.8 Å². The van der Waals surface area contributed by atoms with Crippen molar-refractivity contribution in [3.05, 3.63) is 11.9 Å². The first-order chi connectivity index (χ1) is 8.10. The molecule has 0 bridgehead atoms. The first-order valence-corrected chi connectivity index (χ1v) is 6.48. The second-order valence-corrected chi connectivity index (χ2v) is 4.68. The summed E-state index contributed by atoms with van der Waals surface area (Å²) in [6.07, 6.45) is 2.67. The van der Waals surface area contributed by atoms with Crippen LogP contribution in [0.25, 0.3) is 0 Å². The molecule has 0 aliphatic heterocycles. The third-order valence-corrected chi connectivity index (χ3v) is 3.33. The normalized spacial score (nSPS) is 12.6. The number of methoxy groups -OCH3 is 1. The van der Waals surface area contributed by atoms with Crippen molar-refractivity contribution in [2.45, 2.75) is 31.5 Å². The van der Waals surface area contributed by atoms with Gasteiger partial charge in [0.05, 0.1) is 18.4 Å². The van der Waals surface area contributed by atoms with Gasteiger partial charge in [-0.05, 0) is 13.3 Å². The maximum Gasteiger partial charge on any atom is 0.313 e. The molecule has 17 heavy (non-hydrogen) atoms. The van der Waals surface area contributed by atoms with Crippen LogP contribution >= 0.6 is 11.8 Å². The molecule has 0 aliphatic rings. The molecular weight excluding hydrogens is 240 g/mol. The number of ether oxygens (including phenoxy) is 1. The van der Waals surface area contributed by atoms with E-state index in [2.05, 4.69) is 16.5 Å². The molecule has 1 rings (SSSR count). The Morgan fingerprint density at radius 2 is 2.41 bits per heavy atom. The summed E-state index contributed by atoms with van der Waals surface area (Å²) in [6, 6.07) is 0.161. The minimum absolute atomic E-state index is 0.0276. The van der Waals surface area contributed by atoms with Crippen molar-refractivity contribution in [3.63, 3.8) is 0 Å². The zero-order chi connectivity index (χ0) is 12.8. The Morgan fingerprint density at radius 1 is 1.71 bits per heavy atom. The fraction of sp³-hybridized carbons (Fsp3) is 0.636. The monoisotopic (exact) mass is 258 g/mol. The maximum absolute atomic E-state index is 10.6. The number of aliphatic carboxylic acids is 1. The van der Waals surface area contributed by atoms with E-state index in [0.29, 0.717) is 6.61 Å². The first kappa shape index (κ1) is 14.1. The van der Waals surface area contributed by atoms with Gasteiger partial charge >= 0.3 is 5.97 Å². The number of aryl methyl sites for hydroxylation is 1. The van der Waals surface area contributed by atoms with Crippen LogP contribution in [0.3, 0.4) is 0 Å². The zero-order valence-electron chi connectivity index (χ0n) is 10.3. The van der Waals surface area contributed by atoms with Crippen LogP contribution in [0.4, 0.5) is 0 Å². The summed E-state index contributed by atoms with van der Waals surface area (Å²) in [5.74, 6) is -0.804. The van der Waals surface area contributed by atoms with Crippen molar-refractivity contribution in [2.75, 3.05) is 19.5 Å². The third kappa shape index (κ3) is 3.74. The summed E-state index contributed by atoms with van der Waals surface area (Å²) in [7, 11) is 1.66. The highest BCUT2D eigenvalue weighted by Gasteiger charge is 2.15. The molecule has 1 N–H and O–H groups in total. The lowest BCUT2D eigenvalue weighted by Crippen LogP contribution is -2.15. The quantitative estimate of drug-likeness (QED) is 0.756. The van der Waals surface area contributed by atoms with Crippen molar-refractivity contribution < 1.29 is 14.6 Å². The molecule has 0 saturated carbocycles. The molecule has 1 heterocycles. The highest BCUT2D eigenvalue weighted by molar-refractivity contribution is 7.99. The molecule has 1 unspecified atom stereocenters. The van der Waals surface area contributed by atoms with Crippen LogP contribution in [0.15, 0.2) is 11.4 Å². The summed E-state index contributed by atoms with van der Waals surface area (Å²) in [5, 5.41) is 9.43. The van der Waals surface area contributed by atoms with Crippen LogP contribution in [0.5, 0.6) is 0 Å². The lowest BCUT2D eigenvalue weighted by atomic mass is 10.3. The molecule has 1 atom stereocenters. The minimum atomic E-state index is -0.831. The molecule has 0 aromatic carbocycles. The summed E-state index contributed by atoms with van der Waals surface area (Å²) in [5.41, 5.74) is 1.10. The lowest BCUT2D eigenvalue weighted by Gasteiger charge is -2.17. The molecule has 1 aromatic rings. The van der Waals surface area contributed by atoms with Crippen molar-refractivity contribution in [1.82, 2.24) is 9.55 Å². The number of carbonyl (C=O) groups is 1. The topological polar surface area (TPSA) is 64.3 Å². The van der Waals surface area contributed by atoms with Gasteiger partial charge in [-0.15, -0.1) is 0 Å². The molecule has 0 fully saturated rings. The average Bonchev–Trinajstić information content (AvgIpc) is 2.69. The number of carboxylic acid groups (broad SMARTS) is 1. The van der Waals surface area contributed by atoms with E-state index < -0.39 is 5.97 Å². The van der Waals surface area contributed by atoms with Gasteiger partial charge in [-0.2, -0.15) is 0 Å². The fourth-order valence-corrected chi connectivity index (χ4v) is 2.48. The highest BCUT2D eigenvalue weighted by Crippen LogP contribution is 2.23. The zero-order valence-corrected chi connectivity index (χ0v) is 11.2. The molecule has 6 heteroatoms. The van der Waals surface area contributed by atoms with E-state index >= 15 is 0 Å². The smallest absolute Gasteiger partial charge is 0.313 e. The van der Waals surface area contributed by atoms with Crippen LogP contribution in [0, 0.1) is 0 Å². The number of hydrogen-bond acceptors (Lipinski definition) is 4. The molecule has 0 saturated heterocycles. The van der Waals surface area contributed by atoms with Gasteiger partial charge < -0.3 is 14.4 Å². The van der Waals surface area contributed by atoms with E-state index in [0.717, 1.165) is 17.3 Å². The van der Waals surface area contributed by atoms with Gasteiger partial charge in [-0.3, -0.25) is 4.79 Å². The van der Waals surface area contributed by atoms with Crippen molar-refractivity contribution in [1.29, 1.82) is 0 Å². The van der Waals surface area contributed by atoms with Crippen LogP contribution in [-0.4, -0.2) is 40.1 Å². The van der Waals surface area contributed by atoms with Crippen LogP contribution < -0.4 is 0 Å². The van der Waals surface area contributed by atoms with E-state index in [1.807, 2.05) is 6.92 Å². The van der Waals surface area contributed by atoms with Gasteiger partial charge in [0, 0.05) is 19.0 Å². The minimum Gasteiger partial charge on any atom is -0.481 e. The van der Waals surface area contributed by atoms with Gasteiger partial charge in [-0.25, -0.2) is 4.98 Å². The molecule has 0 radical (unpaired) electrons. The Hall–Kier alpha value is -1.01. The second kappa shape index (κ2) is 6.66. The van der Waals surface area contributed by atoms with E-state index in [4.69, 9.17) is 9.84 Å². The van der Waals surface area contributed by atoms with E-state index in [9.17, 15) is 4.79 Å². The van der Waals surface area contributed by atoms with E-state index in [1.54, 1.807) is 13.3 Å². The Bertz CT molecular complexity index is 379. The molecule has 0 amide bonds. The van der Waals surface area contributed by atoms with E-state index in [1.165, 1.54) is 11.8 Å². The molecule has 0 aliphatic carbocycles. The Balaban J connectivity index is 2.88. The highest BCUT2D eigenvalue weighted by atomic mass is 32.2. The third-order valence-electron chi connectivity index (χ3n) is 2.38. The summed E-state index contributed by atoms with van der Waals surface area (Å²) >= 11 is 1.24. The Labute approximate surface area is 105 Å². The SMILES string of the molecule is CCc1cnc(SCC(=O)O)n1C(C)COC. The number of nitrogens with zero attached hydrogens (tertiary/aromatic N) is 2. The first-order valence-electron chi connectivity index (χ1n) is 5.49. The van der Waals surface area contributed by atoms with Crippen molar-refractivity contribution in [3.8, 4) is 0 Å². The van der Waals surface area contributed by atoms with Gasteiger partial charge in [-0.1, -0.05) is 18.7 Å². The molecule has 5 nitrogen and oxygen atoms in total. The number of hydrogen-bond donors (Lipinski definition) is 1. The van der Waals surface area contributed by atoms with Crippen molar-refractivity contribution in [2.24, 2.45) is 0 Å². The number of carboxylic acids is 1. The number of imidazole rings is 1. The Morgan fingerprint density at radius 3 is 2.94 bits per heavy atom. The summed E-state index contributed by atoms with van der Waals surface area (Å²) < 4.78 is 7.19. The molecular formula is C11H18N2O3S. The molecule has 1 aromatic heterocycles. The van der Waals surface area contributed by atoms with Crippen LogP contribution in [0.2, 0.25) is 0 Å². The van der Waals surface area contributed by atoms with Crippen LogP contribution in [0.1, 0.15) is 25.6 Å². The Kier molecular flexibility index (Phi) is 5.50. The number of thioether (sulfide) groups is 1. The predicted molar refractivity (Wildman–Crippen MR) is 66.6 cm³/mol. The summed E-state index contributed by atoms with van der Waals surface area (Å²) in [6.45, 7) is 4.68. The number of rotatable bonds is 7. The fourth-order valence-electron chi connectivity index (χ4n) is 1.66.